The predicted octanol–water partition coefficient (Wildman–Crippen LogP) is 4.09. The zero-order valence-electron chi connectivity index (χ0n) is 8.16. The van der Waals surface area contributed by atoms with Gasteiger partial charge in [0.1, 0.15) is 0 Å². The molecular weight excluding hydrogens is 264 g/mol. The lowest BCUT2D eigenvalue weighted by molar-refractivity contribution is -0.137. The van der Waals surface area contributed by atoms with Crippen LogP contribution >= 0.6 is 23.2 Å². The van der Waals surface area contributed by atoms with Crippen molar-refractivity contribution in [3.63, 3.8) is 0 Å². The van der Waals surface area contributed by atoms with Gasteiger partial charge in [-0.1, -0.05) is 17.7 Å². The number of halogens is 5. The van der Waals surface area contributed by atoms with E-state index in [1.165, 1.54) is 13.0 Å². The molecule has 0 unspecified atom stereocenters. The molecule has 88 valence electrons. The van der Waals surface area contributed by atoms with Crippen molar-refractivity contribution in [2.45, 2.75) is 13.1 Å². The zero-order chi connectivity index (χ0) is 12.5. The fourth-order valence-electron chi connectivity index (χ4n) is 1.38. The number of benzene rings is 1. The number of carbonyl (C=O) groups is 1. The minimum atomic E-state index is -4.67. The molecule has 0 saturated carbocycles. The summed E-state index contributed by atoms with van der Waals surface area (Å²) in [7, 11) is 0. The van der Waals surface area contributed by atoms with E-state index in [0.717, 1.165) is 6.07 Å². The van der Waals surface area contributed by atoms with Crippen molar-refractivity contribution in [2.24, 2.45) is 0 Å². The molecule has 1 nitrogen and oxygen atoms in total. The molecule has 1 aromatic carbocycles. The average molecular weight is 271 g/mol. The van der Waals surface area contributed by atoms with Crippen LogP contribution in [-0.2, 0) is 6.18 Å². The van der Waals surface area contributed by atoms with Crippen LogP contribution in [0.3, 0.4) is 0 Å². The van der Waals surface area contributed by atoms with E-state index in [9.17, 15) is 18.0 Å². The Morgan fingerprint density at radius 3 is 2.38 bits per heavy atom. The second kappa shape index (κ2) is 4.63. The minimum Gasteiger partial charge on any atom is -0.293 e. The fourth-order valence-corrected chi connectivity index (χ4v) is 1.78. The highest BCUT2D eigenvalue weighted by Gasteiger charge is 2.38. The lowest BCUT2D eigenvalue weighted by Gasteiger charge is -2.15. The second-order valence-corrected chi connectivity index (χ2v) is 3.84. The van der Waals surface area contributed by atoms with Gasteiger partial charge in [0, 0.05) is 5.56 Å². The molecule has 0 heterocycles. The van der Waals surface area contributed by atoms with Crippen molar-refractivity contribution in [3.8, 4) is 0 Å². The van der Waals surface area contributed by atoms with Gasteiger partial charge in [-0.15, -0.1) is 11.6 Å². The lowest BCUT2D eigenvalue weighted by Crippen LogP contribution is -2.16. The number of hydrogen-bond acceptors (Lipinski definition) is 1. The molecule has 0 saturated heterocycles. The standard InChI is InChI=1S/C10H7Cl2F3O/c1-5-2-3-6(12)9(10(13,14)15)8(5)7(16)4-11/h2-3H,4H2,1H3. The summed E-state index contributed by atoms with van der Waals surface area (Å²) in [5.74, 6) is -1.29. The third kappa shape index (κ3) is 2.50. The van der Waals surface area contributed by atoms with Gasteiger partial charge in [0.2, 0.25) is 0 Å². The first kappa shape index (κ1) is 13.3. The highest BCUT2D eigenvalue weighted by molar-refractivity contribution is 6.34. The highest BCUT2D eigenvalue weighted by Crippen LogP contribution is 2.38. The summed E-state index contributed by atoms with van der Waals surface area (Å²) in [5, 5.41) is -0.494. The highest BCUT2D eigenvalue weighted by atomic mass is 35.5. The van der Waals surface area contributed by atoms with E-state index in [4.69, 9.17) is 23.2 Å². The molecule has 16 heavy (non-hydrogen) atoms. The SMILES string of the molecule is Cc1ccc(Cl)c(C(F)(F)F)c1C(=O)CCl. The largest absolute Gasteiger partial charge is 0.418 e. The maximum Gasteiger partial charge on any atom is 0.418 e. The van der Waals surface area contributed by atoms with Crippen LogP contribution in [-0.4, -0.2) is 11.7 Å². The number of hydrogen-bond donors (Lipinski definition) is 0. The maximum absolute atomic E-state index is 12.7. The van der Waals surface area contributed by atoms with Crippen molar-refractivity contribution in [3.05, 3.63) is 33.8 Å². The molecule has 1 aromatic rings. The van der Waals surface area contributed by atoms with Crippen LogP contribution in [0.4, 0.5) is 13.2 Å². The number of rotatable bonds is 2. The van der Waals surface area contributed by atoms with E-state index in [-0.39, 0.29) is 5.56 Å². The Morgan fingerprint density at radius 2 is 1.94 bits per heavy atom. The normalized spacial score (nSPS) is 11.6. The Bertz CT molecular complexity index is 427. The molecule has 0 aromatic heterocycles. The van der Waals surface area contributed by atoms with Gasteiger partial charge >= 0.3 is 6.18 Å². The summed E-state index contributed by atoms with van der Waals surface area (Å²) in [6.45, 7) is 1.41. The molecule has 0 aliphatic rings. The molecule has 0 fully saturated rings. The van der Waals surface area contributed by atoms with Crippen molar-refractivity contribution in [2.75, 3.05) is 5.88 Å². The van der Waals surface area contributed by atoms with Crippen LogP contribution < -0.4 is 0 Å². The van der Waals surface area contributed by atoms with E-state index in [2.05, 4.69) is 0 Å². The van der Waals surface area contributed by atoms with E-state index in [0.29, 0.717) is 0 Å². The van der Waals surface area contributed by atoms with Crippen molar-refractivity contribution >= 4 is 29.0 Å². The molecule has 1 rings (SSSR count). The van der Waals surface area contributed by atoms with Crippen LogP contribution in [0, 0.1) is 6.92 Å². The fraction of sp³-hybridized carbons (Fsp3) is 0.300. The van der Waals surface area contributed by atoms with Crippen LogP contribution in [0.25, 0.3) is 0 Å². The maximum atomic E-state index is 12.7. The van der Waals surface area contributed by atoms with Crippen LogP contribution in [0.5, 0.6) is 0 Å². The van der Waals surface area contributed by atoms with E-state index in [1.54, 1.807) is 0 Å². The summed E-state index contributed by atoms with van der Waals surface area (Å²) in [4.78, 5) is 11.4. The first-order valence-corrected chi connectivity index (χ1v) is 5.15. The number of alkyl halides is 4. The summed E-state index contributed by atoms with van der Waals surface area (Å²) in [5.41, 5.74) is -1.35. The van der Waals surface area contributed by atoms with Crippen molar-refractivity contribution < 1.29 is 18.0 Å². The van der Waals surface area contributed by atoms with Gasteiger partial charge in [0.25, 0.3) is 0 Å². The average Bonchev–Trinajstić information content (AvgIpc) is 2.18. The molecule has 0 amide bonds. The molecule has 6 heteroatoms. The zero-order valence-corrected chi connectivity index (χ0v) is 9.67. The first-order chi connectivity index (χ1) is 7.29. The summed E-state index contributed by atoms with van der Waals surface area (Å²) in [6.07, 6.45) is -4.67. The Hall–Kier alpha value is -0.740. The van der Waals surface area contributed by atoms with E-state index in [1.807, 2.05) is 0 Å². The molecule has 0 aliphatic carbocycles. The van der Waals surface area contributed by atoms with E-state index >= 15 is 0 Å². The van der Waals surface area contributed by atoms with Gasteiger partial charge in [-0.3, -0.25) is 4.79 Å². The third-order valence-corrected chi connectivity index (χ3v) is 2.60. The van der Waals surface area contributed by atoms with Gasteiger partial charge in [0.15, 0.2) is 5.78 Å². The molecular formula is C10H7Cl2F3O. The Kier molecular flexibility index (Phi) is 3.86. The van der Waals surface area contributed by atoms with Crippen LogP contribution in [0.1, 0.15) is 21.5 Å². The Labute approximate surface area is 100 Å². The van der Waals surface area contributed by atoms with Gasteiger partial charge < -0.3 is 0 Å². The Balaban J connectivity index is 3.56. The predicted molar refractivity (Wildman–Crippen MR) is 56.2 cm³/mol. The number of ketones is 1. The molecule has 0 aliphatic heterocycles. The van der Waals surface area contributed by atoms with Crippen LogP contribution in [0.15, 0.2) is 12.1 Å². The topological polar surface area (TPSA) is 17.1 Å². The smallest absolute Gasteiger partial charge is 0.293 e. The van der Waals surface area contributed by atoms with Crippen LogP contribution in [0.2, 0.25) is 5.02 Å². The quantitative estimate of drug-likeness (QED) is 0.585. The first-order valence-electron chi connectivity index (χ1n) is 4.24. The molecule has 0 N–H and O–H groups in total. The summed E-state index contributed by atoms with van der Waals surface area (Å²) < 4.78 is 38.1. The molecule has 0 spiro atoms. The van der Waals surface area contributed by atoms with Gasteiger partial charge in [-0.2, -0.15) is 13.2 Å². The van der Waals surface area contributed by atoms with Gasteiger partial charge in [0.05, 0.1) is 16.5 Å². The van der Waals surface area contributed by atoms with Crippen molar-refractivity contribution in [1.29, 1.82) is 0 Å². The van der Waals surface area contributed by atoms with E-state index < -0.39 is 34.0 Å². The second-order valence-electron chi connectivity index (χ2n) is 3.17. The number of aryl methyl sites for hydroxylation is 1. The van der Waals surface area contributed by atoms with Crippen molar-refractivity contribution in [1.82, 2.24) is 0 Å². The molecule has 0 bridgehead atoms. The number of Topliss-reactive ketones (excluding diaryl/α,β-unsaturated/α-hetero) is 1. The Morgan fingerprint density at radius 1 is 1.38 bits per heavy atom. The summed E-state index contributed by atoms with van der Waals surface area (Å²) in [6, 6.07) is 2.47. The molecule has 0 atom stereocenters. The third-order valence-electron chi connectivity index (χ3n) is 2.05. The summed E-state index contributed by atoms with van der Waals surface area (Å²) >= 11 is 10.7. The van der Waals surface area contributed by atoms with Gasteiger partial charge in [-0.25, -0.2) is 0 Å². The lowest BCUT2D eigenvalue weighted by atomic mass is 9.98. The van der Waals surface area contributed by atoms with Gasteiger partial charge in [-0.05, 0) is 18.6 Å². The monoisotopic (exact) mass is 270 g/mol. The minimum absolute atomic E-state index is 0.211. The molecule has 0 radical (unpaired) electrons. The number of carbonyl (C=O) groups excluding carboxylic acids is 1.